The summed E-state index contributed by atoms with van der Waals surface area (Å²) in [6, 6.07) is 0. The molecule has 0 spiro atoms. The van der Waals surface area contributed by atoms with Gasteiger partial charge in [0.05, 0.1) is 12.8 Å². The van der Waals surface area contributed by atoms with Crippen LogP contribution >= 0.6 is 0 Å². The summed E-state index contributed by atoms with van der Waals surface area (Å²) in [6.07, 6.45) is 1.85. The predicted octanol–water partition coefficient (Wildman–Crippen LogP) is -0.625. The van der Waals surface area contributed by atoms with Crippen molar-refractivity contribution >= 4 is 11.6 Å². The Morgan fingerprint density at radius 1 is 1.38 bits per heavy atom. The van der Waals surface area contributed by atoms with Crippen molar-refractivity contribution in [3.8, 4) is 11.8 Å². The molecule has 0 bridgehead atoms. The topological polar surface area (TPSA) is 98.0 Å². The maximum atomic E-state index is 8.46. The van der Waals surface area contributed by atoms with Gasteiger partial charge >= 0.3 is 0 Å². The molecule has 0 atom stereocenters. The third-order valence-electron chi connectivity index (χ3n) is 1.28. The molecule has 0 aliphatic rings. The monoisotopic (exact) mass is 178 g/mol. The van der Waals surface area contributed by atoms with Crippen LogP contribution in [0.2, 0.25) is 0 Å². The summed E-state index contributed by atoms with van der Waals surface area (Å²) in [7, 11) is 0. The van der Waals surface area contributed by atoms with Crippen LogP contribution in [0.25, 0.3) is 0 Å². The van der Waals surface area contributed by atoms with Gasteiger partial charge in [0.15, 0.2) is 11.6 Å². The minimum atomic E-state index is 0.0326. The van der Waals surface area contributed by atoms with E-state index in [4.69, 9.17) is 16.6 Å². The van der Waals surface area contributed by atoms with Crippen molar-refractivity contribution in [2.24, 2.45) is 0 Å². The van der Waals surface area contributed by atoms with Gasteiger partial charge in [-0.3, -0.25) is 0 Å². The van der Waals surface area contributed by atoms with Crippen molar-refractivity contribution in [1.82, 2.24) is 9.97 Å². The second kappa shape index (κ2) is 4.28. The van der Waals surface area contributed by atoms with Crippen molar-refractivity contribution in [3.05, 3.63) is 11.9 Å². The molecule has 0 aliphatic carbocycles. The Kier molecular flexibility index (Phi) is 3.06. The van der Waals surface area contributed by atoms with Gasteiger partial charge < -0.3 is 16.6 Å². The Morgan fingerprint density at radius 2 is 2.15 bits per heavy atom. The first-order valence-corrected chi connectivity index (χ1v) is 3.71. The fraction of sp³-hybridized carbons (Fsp3) is 0.250. The van der Waals surface area contributed by atoms with Crippen molar-refractivity contribution in [1.29, 1.82) is 0 Å². The second-order valence-corrected chi connectivity index (χ2v) is 2.30. The molecule has 68 valence electrons. The molecule has 5 nitrogen and oxygen atoms in total. The fourth-order valence-electron chi connectivity index (χ4n) is 0.682. The van der Waals surface area contributed by atoms with Crippen LogP contribution in [0.1, 0.15) is 12.1 Å². The average Bonchev–Trinajstić information content (AvgIpc) is 2.12. The van der Waals surface area contributed by atoms with Crippen LogP contribution in [-0.4, -0.2) is 21.7 Å². The molecule has 0 aliphatic heterocycles. The highest BCUT2D eigenvalue weighted by molar-refractivity contribution is 5.52. The lowest BCUT2D eigenvalue weighted by molar-refractivity contribution is 0.305. The summed E-state index contributed by atoms with van der Waals surface area (Å²) in [5.74, 6) is 5.77. The number of rotatable bonds is 1. The number of hydrogen-bond donors (Lipinski definition) is 3. The standard InChI is InChI=1S/C8H10N4O/c9-7-8(10)12-6(5-11-7)3-1-2-4-13/h5,13H,2,4H2,(H2,9,11)(H2,10,12). The van der Waals surface area contributed by atoms with Crippen LogP contribution in [0.3, 0.4) is 0 Å². The SMILES string of the molecule is Nc1ncc(C#CCCO)nc1N. The molecular weight excluding hydrogens is 168 g/mol. The van der Waals surface area contributed by atoms with E-state index < -0.39 is 0 Å². The van der Waals surface area contributed by atoms with Crippen molar-refractivity contribution < 1.29 is 5.11 Å². The Balaban J connectivity index is 2.81. The van der Waals surface area contributed by atoms with Gasteiger partial charge in [-0.2, -0.15) is 0 Å². The molecule has 0 saturated carbocycles. The minimum absolute atomic E-state index is 0.0326. The first kappa shape index (κ1) is 9.29. The quantitative estimate of drug-likeness (QED) is 0.497. The van der Waals surface area contributed by atoms with E-state index in [-0.39, 0.29) is 18.2 Å². The van der Waals surface area contributed by atoms with E-state index in [1.807, 2.05) is 0 Å². The highest BCUT2D eigenvalue weighted by atomic mass is 16.2. The highest BCUT2D eigenvalue weighted by Crippen LogP contribution is 2.05. The lowest BCUT2D eigenvalue weighted by atomic mass is 10.4. The Morgan fingerprint density at radius 3 is 2.77 bits per heavy atom. The molecule has 5 N–H and O–H groups in total. The van der Waals surface area contributed by atoms with Crippen molar-refractivity contribution in [2.75, 3.05) is 18.1 Å². The van der Waals surface area contributed by atoms with E-state index in [1.165, 1.54) is 6.20 Å². The van der Waals surface area contributed by atoms with Crippen LogP contribution in [0, 0.1) is 11.8 Å². The molecule has 1 aromatic heterocycles. The largest absolute Gasteiger partial charge is 0.395 e. The van der Waals surface area contributed by atoms with E-state index in [0.717, 1.165) is 0 Å². The molecule has 0 unspecified atom stereocenters. The maximum absolute atomic E-state index is 8.46. The number of aromatic nitrogens is 2. The normalized spacial score (nSPS) is 9.00. The summed E-state index contributed by atoms with van der Waals surface area (Å²) in [5.41, 5.74) is 11.2. The molecule has 1 rings (SSSR count). The van der Waals surface area contributed by atoms with Gasteiger partial charge in [0, 0.05) is 6.42 Å². The molecule has 13 heavy (non-hydrogen) atoms. The Hall–Kier alpha value is -1.80. The van der Waals surface area contributed by atoms with Crippen LogP contribution in [0.15, 0.2) is 6.20 Å². The Labute approximate surface area is 75.8 Å². The van der Waals surface area contributed by atoms with Crippen LogP contribution in [0.5, 0.6) is 0 Å². The molecular formula is C8H10N4O. The van der Waals surface area contributed by atoms with Gasteiger partial charge in [-0.05, 0) is 5.92 Å². The third-order valence-corrected chi connectivity index (χ3v) is 1.28. The van der Waals surface area contributed by atoms with Gasteiger partial charge in [0.2, 0.25) is 0 Å². The number of hydrogen-bond acceptors (Lipinski definition) is 5. The molecule has 1 heterocycles. The maximum Gasteiger partial charge on any atom is 0.167 e. The summed E-state index contributed by atoms with van der Waals surface area (Å²) in [5, 5.41) is 8.46. The lowest BCUT2D eigenvalue weighted by Gasteiger charge is -1.96. The number of nitrogens with zero attached hydrogens (tertiary/aromatic N) is 2. The first-order valence-electron chi connectivity index (χ1n) is 3.71. The first-order chi connectivity index (χ1) is 6.24. The molecule has 0 fully saturated rings. The number of anilines is 2. The molecule has 0 radical (unpaired) electrons. The summed E-state index contributed by atoms with van der Waals surface area (Å²) >= 11 is 0. The van der Waals surface area contributed by atoms with Crippen LogP contribution < -0.4 is 11.5 Å². The summed E-state index contributed by atoms with van der Waals surface area (Å²) in [4.78, 5) is 7.66. The summed E-state index contributed by atoms with van der Waals surface area (Å²) in [6.45, 7) is 0.0326. The summed E-state index contributed by atoms with van der Waals surface area (Å²) < 4.78 is 0. The molecule has 0 saturated heterocycles. The number of aliphatic hydroxyl groups excluding tert-OH is 1. The minimum Gasteiger partial charge on any atom is -0.395 e. The van der Waals surface area contributed by atoms with Gasteiger partial charge in [-0.15, -0.1) is 0 Å². The van der Waals surface area contributed by atoms with Gasteiger partial charge in [-0.25, -0.2) is 9.97 Å². The van der Waals surface area contributed by atoms with Crippen molar-refractivity contribution in [3.63, 3.8) is 0 Å². The third kappa shape index (κ3) is 2.61. The van der Waals surface area contributed by atoms with E-state index in [9.17, 15) is 0 Å². The average molecular weight is 178 g/mol. The second-order valence-electron chi connectivity index (χ2n) is 2.30. The lowest BCUT2D eigenvalue weighted by Crippen LogP contribution is -2.01. The highest BCUT2D eigenvalue weighted by Gasteiger charge is 1.96. The zero-order valence-electron chi connectivity index (χ0n) is 6.99. The zero-order chi connectivity index (χ0) is 9.68. The van der Waals surface area contributed by atoms with Gasteiger partial charge in [0.25, 0.3) is 0 Å². The van der Waals surface area contributed by atoms with Crippen LogP contribution in [0.4, 0.5) is 11.6 Å². The smallest absolute Gasteiger partial charge is 0.167 e. The number of nitrogen functional groups attached to an aromatic ring is 2. The number of aliphatic hydroxyl groups is 1. The zero-order valence-corrected chi connectivity index (χ0v) is 6.99. The molecule has 0 amide bonds. The van der Waals surface area contributed by atoms with Crippen molar-refractivity contribution in [2.45, 2.75) is 6.42 Å². The van der Waals surface area contributed by atoms with Crippen LogP contribution in [-0.2, 0) is 0 Å². The van der Waals surface area contributed by atoms with E-state index in [1.54, 1.807) is 0 Å². The number of nitrogens with two attached hydrogens (primary N) is 2. The van der Waals surface area contributed by atoms with E-state index in [2.05, 4.69) is 21.8 Å². The van der Waals surface area contributed by atoms with E-state index >= 15 is 0 Å². The Bertz CT molecular complexity index is 353. The molecule has 5 heteroatoms. The van der Waals surface area contributed by atoms with Gasteiger partial charge in [0.1, 0.15) is 5.69 Å². The molecule has 1 aromatic rings. The van der Waals surface area contributed by atoms with Gasteiger partial charge in [-0.1, -0.05) is 5.92 Å². The molecule has 0 aromatic carbocycles. The van der Waals surface area contributed by atoms with E-state index in [0.29, 0.717) is 12.1 Å². The predicted molar refractivity (Wildman–Crippen MR) is 49.4 cm³/mol. The fourth-order valence-corrected chi connectivity index (χ4v) is 0.682.